The van der Waals surface area contributed by atoms with Crippen LogP contribution in [0.1, 0.15) is 16.9 Å². The second-order valence-electron chi connectivity index (χ2n) is 7.24. The summed E-state index contributed by atoms with van der Waals surface area (Å²) in [4.78, 5) is 31.3. The Morgan fingerprint density at radius 3 is 2.70 bits per heavy atom. The fraction of sp³-hybridized carbons (Fsp3) is 0.0870. The van der Waals surface area contributed by atoms with Crippen LogP contribution in [0.25, 0.3) is 11.1 Å². The molecule has 2 aromatic carbocycles. The Balaban J connectivity index is 1.57. The summed E-state index contributed by atoms with van der Waals surface area (Å²) in [6.07, 6.45) is 2.59. The molecule has 0 radical (unpaired) electrons. The van der Waals surface area contributed by atoms with Gasteiger partial charge in [-0.2, -0.15) is 4.37 Å². The van der Waals surface area contributed by atoms with Crippen LogP contribution in [-0.2, 0) is 4.79 Å². The molecule has 0 unspecified atom stereocenters. The summed E-state index contributed by atoms with van der Waals surface area (Å²) in [5.74, 6) is -1.75. The molecule has 0 aliphatic carbocycles. The van der Waals surface area contributed by atoms with E-state index in [2.05, 4.69) is 24.4 Å². The minimum Gasteiger partial charge on any atom is -0.481 e. The zero-order chi connectivity index (χ0) is 26.4. The zero-order valence-corrected chi connectivity index (χ0v) is 21.7. The van der Waals surface area contributed by atoms with Crippen LogP contribution in [-0.4, -0.2) is 37.9 Å². The first-order valence-electron chi connectivity index (χ1n) is 10.4. The Labute approximate surface area is 228 Å². The first kappa shape index (κ1) is 26.6. The number of nitrogens with zero attached hydrogens (tertiary/aromatic N) is 3. The van der Waals surface area contributed by atoms with Gasteiger partial charge in [0.05, 0.1) is 16.3 Å². The molecule has 0 saturated heterocycles. The minimum atomic E-state index is -1.03. The van der Waals surface area contributed by atoms with Crippen molar-refractivity contribution in [1.82, 2.24) is 19.7 Å². The second kappa shape index (κ2) is 12.2. The van der Waals surface area contributed by atoms with Crippen LogP contribution in [0.4, 0.5) is 9.52 Å². The number of carbonyl (C=O) groups is 2. The van der Waals surface area contributed by atoms with Crippen LogP contribution >= 0.6 is 46.7 Å². The van der Waals surface area contributed by atoms with Crippen molar-refractivity contribution in [2.75, 3.05) is 11.3 Å². The van der Waals surface area contributed by atoms with Gasteiger partial charge in [0.25, 0.3) is 5.91 Å². The molecule has 1 amide bonds. The van der Waals surface area contributed by atoms with E-state index in [1.165, 1.54) is 30.7 Å². The van der Waals surface area contributed by atoms with E-state index >= 15 is 0 Å². The van der Waals surface area contributed by atoms with Gasteiger partial charge >= 0.3 is 5.97 Å². The molecule has 0 atom stereocenters. The van der Waals surface area contributed by atoms with E-state index in [0.29, 0.717) is 27.0 Å². The Morgan fingerprint density at radius 2 is 1.95 bits per heavy atom. The summed E-state index contributed by atoms with van der Waals surface area (Å²) in [6.45, 7) is -0.0415. The predicted octanol–water partition coefficient (Wildman–Crippen LogP) is 6.16. The zero-order valence-electron chi connectivity index (χ0n) is 18.6. The van der Waals surface area contributed by atoms with Crippen molar-refractivity contribution in [3.63, 3.8) is 0 Å². The summed E-state index contributed by atoms with van der Waals surface area (Å²) >= 11 is 14.7. The Bertz CT molecular complexity index is 1440. The molecule has 190 valence electrons. The van der Waals surface area contributed by atoms with Gasteiger partial charge in [-0.1, -0.05) is 23.2 Å². The first-order chi connectivity index (χ1) is 17.8. The minimum absolute atomic E-state index is 0.0415. The van der Waals surface area contributed by atoms with Gasteiger partial charge in [-0.25, -0.2) is 9.37 Å². The number of hydrogen-bond donors (Lipinski definition) is 3. The number of pyridine rings is 1. The van der Waals surface area contributed by atoms with E-state index in [4.69, 9.17) is 33.0 Å². The van der Waals surface area contributed by atoms with Gasteiger partial charge in [-0.05, 0) is 53.9 Å². The highest BCUT2D eigenvalue weighted by Crippen LogP contribution is 2.40. The molecule has 9 nitrogen and oxygen atoms in total. The number of carboxylic acid groups (broad SMARTS) is 1. The second-order valence-corrected chi connectivity index (χ2v) is 9.71. The number of halogens is 3. The average molecular weight is 580 g/mol. The lowest BCUT2D eigenvalue weighted by molar-refractivity contribution is -0.136. The third-order valence-corrected chi connectivity index (χ3v) is 6.75. The predicted molar refractivity (Wildman–Crippen MR) is 140 cm³/mol. The Hall–Kier alpha value is -3.45. The van der Waals surface area contributed by atoms with Gasteiger partial charge in [-0.3, -0.25) is 14.6 Å². The van der Waals surface area contributed by atoms with Gasteiger partial charge in [0, 0.05) is 40.9 Å². The van der Waals surface area contributed by atoms with Crippen molar-refractivity contribution in [2.24, 2.45) is 0 Å². The number of anilines is 1. The van der Waals surface area contributed by atoms with Crippen LogP contribution in [0.3, 0.4) is 0 Å². The van der Waals surface area contributed by atoms with Gasteiger partial charge in [0.15, 0.2) is 0 Å². The summed E-state index contributed by atoms with van der Waals surface area (Å²) in [6, 6.07) is 10.6. The third-order valence-electron chi connectivity index (χ3n) is 4.69. The number of rotatable bonds is 10. The molecule has 2 heterocycles. The smallest absolute Gasteiger partial charge is 0.305 e. The van der Waals surface area contributed by atoms with Crippen molar-refractivity contribution in [3.05, 3.63) is 76.5 Å². The molecule has 0 saturated carbocycles. The number of benzene rings is 2. The van der Waals surface area contributed by atoms with E-state index in [9.17, 15) is 14.0 Å². The molecule has 3 N–H and O–H groups in total. The highest BCUT2D eigenvalue weighted by molar-refractivity contribution is 8.00. The molecule has 37 heavy (non-hydrogen) atoms. The lowest BCUT2D eigenvalue weighted by atomic mass is 10.0. The number of nitrogens with one attached hydrogen (secondary N) is 2. The number of ether oxygens (including phenoxy) is 1. The van der Waals surface area contributed by atoms with Crippen molar-refractivity contribution < 1.29 is 23.8 Å². The normalized spacial score (nSPS) is 10.7. The van der Waals surface area contributed by atoms with E-state index in [1.54, 1.807) is 24.3 Å². The monoisotopic (exact) mass is 579 g/mol. The van der Waals surface area contributed by atoms with E-state index < -0.39 is 17.7 Å². The number of hydrogen-bond acceptors (Lipinski definition) is 9. The van der Waals surface area contributed by atoms with Crippen LogP contribution in [0, 0.1) is 5.82 Å². The molecule has 4 rings (SSSR count). The topological polar surface area (TPSA) is 126 Å². The van der Waals surface area contributed by atoms with Crippen LogP contribution in [0.15, 0.2) is 59.9 Å². The molecule has 0 fully saturated rings. The number of aromatic nitrogens is 3. The SMILES string of the molecule is O=C(O)CCNC(=O)c1cc(-c2cc(Cl)ccc2Oc2cc(F)c(SNc3ncns3)cc2Cl)ccn1. The summed E-state index contributed by atoms with van der Waals surface area (Å²) in [5, 5.41) is 12.3. The van der Waals surface area contributed by atoms with Crippen LogP contribution in [0.2, 0.25) is 10.0 Å². The maximum absolute atomic E-state index is 14.8. The molecular weight excluding hydrogens is 564 g/mol. The van der Waals surface area contributed by atoms with Crippen molar-refractivity contribution in [3.8, 4) is 22.6 Å². The molecule has 14 heteroatoms. The van der Waals surface area contributed by atoms with E-state index in [1.807, 2.05) is 0 Å². The van der Waals surface area contributed by atoms with Crippen molar-refractivity contribution >= 4 is 63.7 Å². The van der Waals surface area contributed by atoms with Crippen molar-refractivity contribution in [2.45, 2.75) is 11.3 Å². The fourth-order valence-electron chi connectivity index (χ4n) is 3.01. The van der Waals surface area contributed by atoms with E-state index in [0.717, 1.165) is 23.5 Å². The summed E-state index contributed by atoms with van der Waals surface area (Å²) in [5.41, 5.74) is 1.12. The standard InChI is InChI=1S/C23H16Cl2FN5O4S2/c24-13-1-2-18(14(8-13)12-3-5-27-17(7-12)22(34)28-6-4-21(32)33)35-19-10-16(26)20(9-15(19)25)36-31-23-29-11-30-37-23/h1-3,5,7-11H,4,6H2,(H,28,34)(H,32,33)(H,29,30,31). The van der Waals surface area contributed by atoms with Gasteiger partial charge in [0.2, 0.25) is 5.13 Å². The molecule has 0 bridgehead atoms. The van der Waals surface area contributed by atoms with Gasteiger partial charge in [-0.15, -0.1) is 0 Å². The average Bonchev–Trinajstić information content (AvgIpc) is 3.40. The number of aliphatic carboxylic acids is 1. The third kappa shape index (κ3) is 7.07. The molecule has 0 aliphatic heterocycles. The van der Waals surface area contributed by atoms with Crippen LogP contribution in [0.5, 0.6) is 11.5 Å². The van der Waals surface area contributed by atoms with Crippen molar-refractivity contribution in [1.29, 1.82) is 0 Å². The molecule has 0 aliphatic rings. The Kier molecular flexibility index (Phi) is 8.77. The summed E-state index contributed by atoms with van der Waals surface area (Å²) < 4.78 is 27.5. The lowest BCUT2D eigenvalue weighted by Crippen LogP contribution is -2.26. The molecule has 2 aromatic heterocycles. The van der Waals surface area contributed by atoms with Gasteiger partial charge in [0.1, 0.15) is 29.3 Å². The molecule has 0 spiro atoms. The molecule has 4 aromatic rings. The quantitative estimate of drug-likeness (QED) is 0.189. The fourth-order valence-corrected chi connectivity index (χ4v) is 4.60. The highest BCUT2D eigenvalue weighted by atomic mass is 35.5. The molecular formula is C23H16Cl2FN5O4S2. The lowest BCUT2D eigenvalue weighted by Gasteiger charge is -2.14. The highest BCUT2D eigenvalue weighted by Gasteiger charge is 2.16. The maximum Gasteiger partial charge on any atom is 0.305 e. The Morgan fingerprint density at radius 1 is 1.11 bits per heavy atom. The summed E-state index contributed by atoms with van der Waals surface area (Å²) in [7, 11) is 0. The maximum atomic E-state index is 14.8. The first-order valence-corrected chi connectivity index (χ1v) is 12.8. The largest absolute Gasteiger partial charge is 0.481 e. The number of carboxylic acids is 1. The van der Waals surface area contributed by atoms with E-state index in [-0.39, 0.29) is 34.3 Å². The number of carbonyl (C=O) groups excluding carboxylic acids is 1. The number of amides is 1. The van der Waals surface area contributed by atoms with Gasteiger partial charge < -0.3 is 19.9 Å². The van der Waals surface area contributed by atoms with Crippen LogP contribution < -0.4 is 14.8 Å².